The minimum absolute atomic E-state index is 0.0191. The summed E-state index contributed by atoms with van der Waals surface area (Å²) in [5.74, 6) is 0.204. The summed E-state index contributed by atoms with van der Waals surface area (Å²) in [6.45, 7) is 2.03. The first kappa shape index (κ1) is 24.0. The maximum absolute atomic E-state index is 13.3. The van der Waals surface area contributed by atoms with E-state index in [1.54, 1.807) is 28.8 Å². The van der Waals surface area contributed by atoms with Crippen molar-refractivity contribution in [2.75, 3.05) is 33.2 Å². The number of thioether (sulfide) groups is 1. The van der Waals surface area contributed by atoms with Crippen molar-refractivity contribution in [2.45, 2.75) is 30.6 Å². The Hall–Kier alpha value is -2.71. The summed E-state index contributed by atoms with van der Waals surface area (Å²) >= 11 is 7.91. The fourth-order valence-electron chi connectivity index (χ4n) is 5.20. The van der Waals surface area contributed by atoms with E-state index in [1.807, 2.05) is 47.2 Å². The quantitative estimate of drug-likeness (QED) is 0.580. The summed E-state index contributed by atoms with van der Waals surface area (Å²) in [6.07, 6.45) is 5.72. The average molecular weight is 514 g/mol. The zero-order valence-electron chi connectivity index (χ0n) is 19.6. The van der Waals surface area contributed by atoms with Crippen LogP contribution in [-0.4, -0.2) is 76.9 Å². The number of carbonyl (C=O) groups excluding carboxylic acids is 3. The molecule has 0 bridgehead atoms. The third-order valence-electron chi connectivity index (χ3n) is 7.21. The molecule has 3 fully saturated rings. The standard InChI is InChI=1S/C26H28ClN3O4S/c1-28-20-15-18(24(31)29-10-12-30(13-11-29)25(32)21-7-4-14-34-21)8-9-22(20)35-23(26(28)33)16-17-5-2-3-6-19(17)27/h2-7,14,16,18,20,22H,8-13,15H2,1H3/b23-16-. The Kier molecular flexibility index (Phi) is 6.93. The van der Waals surface area contributed by atoms with E-state index in [1.165, 1.54) is 6.26 Å². The lowest BCUT2D eigenvalue weighted by Gasteiger charge is -2.45. The molecule has 0 spiro atoms. The number of fused-ring (bicyclic) bond motifs is 1. The maximum Gasteiger partial charge on any atom is 0.289 e. The van der Waals surface area contributed by atoms with Crippen molar-refractivity contribution in [3.8, 4) is 0 Å². The summed E-state index contributed by atoms with van der Waals surface area (Å²) in [5, 5.41) is 0.886. The number of furan rings is 1. The molecule has 2 saturated heterocycles. The summed E-state index contributed by atoms with van der Waals surface area (Å²) in [7, 11) is 1.84. The van der Waals surface area contributed by atoms with E-state index in [0.717, 1.165) is 18.4 Å². The van der Waals surface area contributed by atoms with Crippen LogP contribution < -0.4 is 0 Å². The minimum atomic E-state index is -0.136. The molecule has 3 unspecified atom stereocenters. The second-order valence-corrected chi connectivity index (χ2v) is 11.0. The van der Waals surface area contributed by atoms with E-state index in [2.05, 4.69) is 0 Å². The molecule has 3 amide bonds. The van der Waals surface area contributed by atoms with Crippen LogP contribution in [-0.2, 0) is 9.59 Å². The Bertz CT molecular complexity index is 1140. The van der Waals surface area contributed by atoms with Gasteiger partial charge in [0.15, 0.2) is 5.76 Å². The molecule has 9 heteroatoms. The monoisotopic (exact) mass is 513 g/mol. The summed E-state index contributed by atoms with van der Waals surface area (Å²) in [4.78, 5) is 45.1. The third kappa shape index (κ3) is 4.86. The Labute approximate surface area is 214 Å². The Balaban J connectivity index is 1.20. The third-order valence-corrected chi connectivity index (χ3v) is 8.96. The molecule has 1 aromatic heterocycles. The van der Waals surface area contributed by atoms with E-state index in [0.29, 0.717) is 48.3 Å². The average Bonchev–Trinajstić information content (AvgIpc) is 3.43. The van der Waals surface area contributed by atoms with E-state index in [9.17, 15) is 14.4 Å². The number of rotatable bonds is 3. The Morgan fingerprint density at radius 2 is 1.80 bits per heavy atom. The predicted octanol–water partition coefficient (Wildman–Crippen LogP) is 4.00. The van der Waals surface area contributed by atoms with Crippen molar-refractivity contribution in [3.63, 3.8) is 0 Å². The second kappa shape index (κ2) is 10.1. The number of hydrogen-bond donors (Lipinski definition) is 0. The molecule has 184 valence electrons. The van der Waals surface area contributed by atoms with Crippen LogP contribution in [0, 0.1) is 5.92 Å². The van der Waals surface area contributed by atoms with E-state index >= 15 is 0 Å². The highest BCUT2D eigenvalue weighted by Gasteiger charge is 2.44. The first-order valence-corrected chi connectivity index (χ1v) is 13.2. The van der Waals surface area contributed by atoms with Crippen LogP contribution in [0.1, 0.15) is 35.4 Å². The van der Waals surface area contributed by atoms with E-state index < -0.39 is 0 Å². The molecule has 35 heavy (non-hydrogen) atoms. The molecule has 1 saturated carbocycles. The maximum atomic E-state index is 13.3. The topological polar surface area (TPSA) is 74.1 Å². The van der Waals surface area contributed by atoms with Crippen molar-refractivity contribution < 1.29 is 18.8 Å². The van der Waals surface area contributed by atoms with Crippen LogP contribution in [0.2, 0.25) is 5.02 Å². The number of piperazine rings is 1. The molecular weight excluding hydrogens is 486 g/mol. The fourth-order valence-corrected chi connectivity index (χ4v) is 6.86. The van der Waals surface area contributed by atoms with E-state index in [-0.39, 0.29) is 34.9 Å². The molecule has 1 aliphatic carbocycles. The summed E-state index contributed by atoms with van der Waals surface area (Å²) in [6, 6.07) is 10.9. The van der Waals surface area contributed by atoms with Gasteiger partial charge in [0.25, 0.3) is 11.8 Å². The van der Waals surface area contributed by atoms with Crippen LogP contribution in [0.3, 0.4) is 0 Å². The summed E-state index contributed by atoms with van der Waals surface area (Å²) < 4.78 is 5.22. The lowest BCUT2D eigenvalue weighted by atomic mass is 9.83. The highest BCUT2D eigenvalue weighted by Crippen LogP contribution is 2.44. The predicted molar refractivity (Wildman–Crippen MR) is 136 cm³/mol. The molecule has 3 heterocycles. The molecule has 2 aromatic rings. The van der Waals surface area contributed by atoms with Crippen LogP contribution in [0.4, 0.5) is 0 Å². The molecule has 0 radical (unpaired) electrons. The zero-order valence-corrected chi connectivity index (χ0v) is 21.1. The zero-order chi connectivity index (χ0) is 24.5. The number of likely N-dealkylation sites (N-methyl/N-ethyl adjacent to an activating group) is 1. The normalized spacial score (nSPS) is 26.1. The molecule has 1 aromatic carbocycles. The van der Waals surface area contributed by atoms with E-state index in [4.69, 9.17) is 16.0 Å². The van der Waals surface area contributed by atoms with Gasteiger partial charge in [0.1, 0.15) is 0 Å². The largest absolute Gasteiger partial charge is 0.459 e. The van der Waals surface area contributed by atoms with Crippen LogP contribution >= 0.6 is 23.4 Å². The van der Waals surface area contributed by atoms with Crippen LogP contribution in [0.25, 0.3) is 6.08 Å². The van der Waals surface area contributed by atoms with Crippen LogP contribution in [0.15, 0.2) is 52.0 Å². The first-order valence-electron chi connectivity index (χ1n) is 11.9. The van der Waals surface area contributed by atoms with Gasteiger partial charge >= 0.3 is 0 Å². The van der Waals surface area contributed by atoms with Crippen molar-refractivity contribution in [1.29, 1.82) is 0 Å². The molecule has 3 atom stereocenters. The van der Waals surface area contributed by atoms with Gasteiger partial charge in [-0.15, -0.1) is 11.8 Å². The highest BCUT2D eigenvalue weighted by molar-refractivity contribution is 8.04. The van der Waals surface area contributed by atoms with Gasteiger partial charge in [0.2, 0.25) is 5.91 Å². The van der Waals surface area contributed by atoms with Gasteiger partial charge < -0.3 is 19.1 Å². The number of halogens is 1. The number of amides is 3. The molecule has 5 rings (SSSR count). The number of benzene rings is 1. The fraction of sp³-hybridized carbons (Fsp3) is 0.423. The van der Waals surface area contributed by atoms with Crippen molar-refractivity contribution >= 4 is 47.2 Å². The van der Waals surface area contributed by atoms with Crippen molar-refractivity contribution in [1.82, 2.24) is 14.7 Å². The first-order chi connectivity index (χ1) is 16.9. The molecule has 3 aliphatic rings. The SMILES string of the molecule is CN1C(=O)/C(=C/c2ccccc2Cl)SC2CCC(C(=O)N3CCN(C(=O)c4ccco4)CC3)CC21. The van der Waals surface area contributed by atoms with Gasteiger partial charge in [-0.1, -0.05) is 29.8 Å². The Morgan fingerprint density at radius 1 is 1.06 bits per heavy atom. The van der Waals surface area contributed by atoms with Gasteiger partial charge in [-0.2, -0.15) is 0 Å². The van der Waals surface area contributed by atoms with Crippen LogP contribution in [0.5, 0.6) is 0 Å². The second-order valence-electron chi connectivity index (χ2n) is 9.27. The van der Waals surface area contributed by atoms with Gasteiger partial charge in [-0.3, -0.25) is 14.4 Å². The minimum Gasteiger partial charge on any atom is -0.459 e. The lowest BCUT2D eigenvalue weighted by Crippen LogP contribution is -2.55. The Morgan fingerprint density at radius 3 is 2.51 bits per heavy atom. The number of nitrogens with zero attached hydrogens (tertiary/aromatic N) is 3. The van der Waals surface area contributed by atoms with Gasteiger partial charge in [-0.05, 0) is 49.1 Å². The molecule has 2 aliphatic heterocycles. The van der Waals surface area contributed by atoms with Gasteiger partial charge in [0.05, 0.1) is 11.2 Å². The van der Waals surface area contributed by atoms with Crippen molar-refractivity contribution in [2.24, 2.45) is 5.92 Å². The number of hydrogen-bond acceptors (Lipinski definition) is 5. The van der Waals surface area contributed by atoms with Crippen molar-refractivity contribution in [3.05, 3.63) is 63.9 Å². The highest BCUT2D eigenvalue weighted by atomic mass is 35.5. The number of carbonyl (C=O) groups is 3. The van der Waals surface area contributed by atoms with Gasteiger partial charge in [0, 0.05) is 55.5 Å². The molecule has 7 nitrogen and oxygen atoms in total. The lowest BCUT2D eigenvalue weighted by molar-refractivity contribution is -0.140. The van der Waals surface area contributed by atoms with Gasteiger partial charge in [-0.25, -0.2) is 0 Å². The molecular formula is C26H28ClN3O4S. The smallest absolute Gasteiger partial charge is 0.289 e. The summed E-state index contributed by atoms with van der Waals surface area (Å²) in [5.41, 5.74) is 0.838. The molecule has 0 N–H and O–H groups in total.